The van der Waals surface area contributed by atoms with Crippen LogP contribution in [0.25, 0.3) is 0 Å². The Morgan fingerprint density at radius 3 is 2.56 bits per heavy atom. The predicted molar refractivity (Wildman–Crippen MR) is 77.6 cm³/mol. The Morgan fingerprint density at radius 2 is 2.06 bits per heavy atom. The van der Waals surface area contributed by atoms with Gasteiger partial charge in [0.05, 0.1) is 22.0 Å². The maximum atomic E-state index is 11.4. The van der Waals surface area contributed by atoms with Crippen LogP contribution in [0.3, 0.4) is 0 Å². The molecule has 0 atom stereocenters. The first kappa shape index (κ1) is 13.6. The van der Waals surface area contributed by atoms with Gasteiger partial charge in [-0.25, -0.2) is 0 Å². The van der Waals surface area contributed by atoms with Crippen molar-refractivity contribution in [1.82, 2.24) is 5.01 Å². The van der Waals surface area contributed by atoms with E-state index in [-0.39, 0.29) is 21.7 Å². The number of rotatable bonds is 2. The lowest BCUT2D eigenvalue weighted by molar-refractivity contribution is -0.123. The molecule has 1 aliphatic heterocycles. The summed E-state index contributed by atoms with van der Waals surface area (Å²) in [7, 11) is 0. The number of phenols is 1. The van der Waals surface area contributed by atoms with E-state index in [2.05, 4.69) is 5.10 Å². The monoisotopic (exact) mass is 320 g/mol. The molecule has 1 N–H and O–H groups in total. The summed E-state index contributed by atoms with van der Waals surface area (Å²) in [4.78, 5) is 11.4. The Labute approximate surface area is 123 Å². The number of carbonyl (C=O) groups is 1. The number of aromatic hydroxyl groups is 1. The van der Waals surface area contributed by atoms with Crippen molar-refractivity contribution in [2.24, 2.45) is 5.10 Å². The van der Waals surface area contributed by atoms with Gasteiger partial charge in [-0.15, -0.1) is 0 Å². The molecular weight excluding hydrogens is 315 g/mol. The number of nitrogens with zero attached hydrogens (tertiary/aromatic N) is 2. The van der Waals surface area contributed by atoms with Gasteiger partial charge in [0.15, 0.2) is 10.1 Å². The summed E-state index contributed by atoms with van der Waals surface area (Å²) in [6.45, 7) is 0. The van der Waals surface area contributed by atoms with Crippen LogP contribution in [0.15, 0.2) is 17.2 Å². The van der Waals surface area contributed by atoms with Crippen LogP contribution in [0.5, 0.6) is 5.75 Å². The van der Waals surface area contributed by atoms with Crippen molar-refractivity contribution in [3.8, 4) is 5.75 Å². The summed E-state index contributed by atoms with van der Waals surface area (Å²) in [5, 5.41) is 14.7. The highest BCUT2D eigenvalue weighted by Crippen LogP contribution is 2.32. The number of benzene rings is 1. The Hall–Kier alpha value is -0.820. The lowest BCUT2D eigenvalue weighted by Crippen LogP contribution is -2.22. The topological polar surface area (TPSA) is 52.9 Å². The molecule has 94 valence electrons. The molecule has 1 heterocycles. The second-order valence-corrected chi connectivity index (χ2v) is 5.76. The molecule has 2 rings (SSSR count). The van der Waals surface area contributed by atoms with E-state index in [1.807, 2.05) is 0 Å². The fraction of sp³-hybridized carbons (Fsp3) is 0.100. The van der Waals surface area contributed by atoms with Crippen LogP contribution in [-0.2, 0) is 4.79 Å². The Balaban J connectivity index is 2.24. The van der Waals surface area contributed by atoms with E-state index in [0.29, 0.717) is 15.6 Å². The minimum absolute atomic E-state index is 0.119. The van der Waals surface area contributed by atoms with Crippen LogP contribution >= 0.6 is 47.2 Å². The van der Waals surface area contributed by atoms with Crippen molar-refractivity contribution in [2.45, 2.75) is 0 Å². The van der Waals surface area contributed by atoms with Gasteiger partial charge in [0.2, 0.25) is 0 Å². The second-order valence-electron chi connectivity index (χ2n) is 3.34. The van der Waals surface area contributed by atoms with E-state index in [9.17, 15) is 9.90 Å². The number of halogens is 2. The van der Waals surface area contributed by atoms with E-state index < -0.39 is 0 Å². The molecule has 0 radical (unpaired) electrons. The molecular formula is C10H6Cl2N2O2S2. The fourth-order valence-corrected chi connectivity index (χ4v) is 2.71. The lowest BCUT2D eigenvalue weighted by Gasteiger charge is -2.07. The highest BCUT2D eigenvalue weighted by Gasteiger charge is 2.25. The van der Waals surface area contributed by atoms with Gasteiger partial charge < -0.3 is 5.11 Å². The van der Waals surface area contributed by atoms with E-state index in [1.165, 1.54) is 30.1 Å². The van der Waals surface area contributed by atoms with Gasteiger partial charge in [0, 0.05) is 0 Å². The van der Waals surface area contributed by atoms with Crippen LogP contribution in [0.2, 0.25) is 10.0 Å². The largest absolute Gasteiger partial charge is 0.505 e. The Morgan fingerprint density at radius 1 is 1.44 bits per heavy atom. The first-order valence-electron chi connectivity index (χ1n) is 4.70. The third-order valence-electron chi connectivity index (χ3n) is 2.09. The summed E-state index contributed by atoms with van der Waals surface area (Å²) in [5.41, 5.74) is 0.565. The van der Waals surface area contributed by atoms with Crippen LogP contribution in [0, 0.1) is 0 Å². The quantitative estimate of drug-likeness (QED) is 0.672. The molecule has 4 nitrogen and oxygen atoms in total. The minimum atomic E-state index is -0.182. The SMILES string of the molecule is O=C1CSC(=S)N1/N=C\c1cc(Cl)c(O)c(Cl)c1. The van der Waals surface area contributed by atoms with Crippen LogP contribution in [-0.4, -0.2) is 32.3 Å². The third-order valence-corrected chi connectivity index (χ3v) is 4.00. The normalized spacial score (nSPS) is 16.0. The van der Waals surface area contributed by atoms with Crippen molar-refractivity contribution in [3.63, 3.8) is 0 Å². The van der Waals surface area contributed by atoms with Crippen molar-refractivity contribution in [2.75, 3.05) is 5.75 Å². The van der Waals surface area contributed by atoms with Crippen molar-refractivity contribution < 1.29 is 9.90 Å². The van der Waals surface area contributed by atoms with Crippen molar-refractivity contribution in [3.05, 3.63) is 27.7 Å². The van der Waals surface area contributed by atoms with Crippen molar-refractivity contribution >= 4 is 63.6 Å². The molecule has 18 heavy (non-hydrogen) atoms. The number of phenolic OH excluding ortho intramolecular Hbond substituents is 1. The number of carbonyl (C=O) groups excluding carboxylic acids is 1. The molecule has 1 aromatic carbocycles. The van der Waals surface area contributed by atoms with E-state index in [4.69, 9.17) is 35.4 Å². The zero-order valence-electron chi connectivity index (χ0n) is 8.76. The fourth-order valence-electron chi connectivity index (χ4n) is 1.24. The average molecular weight is 321 g/mol. The summed E-state index contributed by atoms with van der Waals surface area (Å²) < 4.78 is 0.409. The zero-order chi connectivity index (χ0) is 13.3. The number of thioether (sulfide) groups is 1. The van der Waals surface area contributed by atoms with Gasteiger partial charge in [0.25, 0.3) is 5.91 Å². The minimum Gasteiger partial charge on any atom is -0.505 e. The van der Waals surface area contributed by atoms with Crippen molar-refractivity contribution in [1.29, 1.82) is 0 Å². The molecule has 0 unspecified atom stereocenters. The molecule has 0 saturated carbocycles. The molecule has 1 saturated heterocycles. The summed E-state index contributed by atoms with van der Waals surface area (Å²) in [6, 6.07) is 2.98. The zero-order valence-corrected chi connectivity index (χ0v) is 11.9. The van der Waals surface area contributed by atoms with Gasteiger partial charge in [-0.3, -0.25) is 4.79 Å². The summed E-state index contributed by atoms with van der Waals surface area (Å²) in [5.74, 6) is -0.0520. The molecule has 0 bridgehead atoms. The highest BCUT2D eigenvalue weighted by molar-refractivity contribution is 8.23. The first-order valence-corrected chi connectivity index (χ1v) is 6.85. The second kappa shape index (κ2) is 5.44. The third kappa shape index (κ3) is 2.77. The average Bonchev–Trinajstić information content (AvgIpc) is 2.63. The lowest BCUT2D eigenvalue weighted by atomic mass is 10.2. The Bertz CT molecular complexity index is 524. The molecule has 1 aromatic rings. The standard InChI is InChI=1S/C10H6Cl2N2O2S2/c11-6-1-5(2-7(12)9(6)16)3-13-14-8(15)4-18-10(14)17/h1-3,16H,4H2/b13-3-. The Kier molecular flexibility index (Phi) is 4.11. The van der Waals surface area contributed by atoms with Gasteiger partial charge in [-0.05, 0) is 17.7 Å². The molecule has 0 aromatic heterocycles. The number of hydrogen-bond donors (Lipinski definition) is 1. The van der Waals surface area contributed by atoms with Gasteiger partial charge in [0.1, 0.15) is 0 Å². The molecule has 0 spiro atoms. The number of hydrogen-bond acceptors (Lipinski definition) is 5. The highest BCUT2D eigenvalue weighted by atomic mass is 35.5. The smallest absolute Gasteiger partial charge is 0.259 e. The van der Waals surface area contributed by atoms with E-state index >= 15 is 0 Å². The molecule has 0 aliphatic carbocycles. The molecule has 1 fully saturated rings. The summed E-state index contributed by atoms with van der Waals surface area (Å²) >= 11 is 17.8. The predicted octanol–water partition coefficient (Wildman–Crippen LogP) is 2.89. The molecule has 1 aliphatic rings. The van der Waals surface area contributed by atoms with Gasteiger partial charge >= 0.3 is 0 Å². The maximum Gasteiger partial charge on any atom is 0.259 e. The van der Waals surface area contributed by atoms with E-state index in [0.717, 1.165) is 5.01 Å². The molecule has 1 amide bonds. The first-order chi connectivity index (χ1) is 8.49. The summed E-state index contributed by atoms with van der Waals surface area (Å²) in [6.07, 6.45) is 1.41. The van der Waals surface area contributed by atoms with Gasteiger partial charge in [-0.2, -0.15) is 10.1 Å². The molecule has 8 heteroatoms. The number of hydrazone groups is 1. The van der Waals surface area contributed by atoms with Crippen LogP contribution in [0.1, 0.15) is 5.56 Å². The van der Waals surface area contributed by atoms with Gasteiger partial charge in [-0.1, -0.05) is 47.2 Å². The van der Waals surface area contributed by atoms with Crippen LogP contribution < -0.4 is 0 Å². The van der Waals surface area contributed by atoms with E-state index in [1.54, 1.807) is 0 Å². The number of amides is 1. The number of thiocarbonyl (C=S) groups is 1. The maximum absolute atomic E-state index is 11.4. The van der Waals surface area contributed by atoms with Crippen LogP contribution in [0.4, 0.5) is 0 Å².